The maximum Gasteiger partial charge on any atom is 0.430 e. The lowest BCUT2D eigenvalue weighted by atomic mass is 9.82. The molecular weight excluding hydrogens is 574 g/mol. The van der Waals surface area contributed by atoms with Crippen molar-refractivity contribution in [2.24, 2.45) is 11.8 Å². The van der Waals surface area contributed by atoms with Crippen molar-refractivity contribution in [2.75, 3.05) is 44.2 Å². The van der Waals surface area contributed by atoms with Gasteiger partial charge in [-0.15, -0.1) is 0 Å². The number of carbonyl (C=O) groups is 2. The first-order valence-electron chi connectivity index (χ1n) is 14.6. The lowest BCUT2D eigenvalue weighted by Crippen LogP contribution is -2.57. The van der Waals surface area contributed by atoms with Gasteiger partial charge >= 0.3 is 6.18 Å². The van der Waals surface area contributed by atoms with Crippen LogP contribution >= 0.6 is 11.6 Å². The normalized spacial score (nSPS) is 22.3. The van der Waals surface area contributed by atoms with Crippen LogP contribution in [0.15, 0.2) is 48.5 Å². The molecule has 3 aliphatic heterocycles. The van der Waals surface area contributed by atoms with Crippen LogP contribution in [-0.4, -0.2) is 78.3 Å². The third-order valence-corrected chi connectivity index (χ3v) is 9.37. The Labute approximate surface area is 248 Å². The van der Waals surface area contributed by atoms with Crippen molar-refractivity contribution in [3.8, 4) is 0 Å². The number of likely N-dealkylation sites (tertiary alicyclic amines) is 2. The first kappa shape index (κ1) is 30.6. The van der Waals surface area contributed by atoms with Gasteiger partial charge in [0.25, 0.3) is 17.4 Å². The molecule has 1 N–H and O–H groups in total. The molecule has 0 aromatic heterocycles. The molecule has 0 saturated carbocycles. The molecule has 3 saturated heterocycles. The Morgan fingerprint density at radius 2 is 1.45 bits per heavy atom. The number of hydrogen-bond donors (Lipinski definition) is 1. The van der Waals surface area contributed by atoms with Gasteiger partial charge in [0.15, 0.2) is 0 Å². The number of aliphatic hydroxyl groups is 1. The van der Waals surface area contributed by atoms with E-state index in [1.165, 1.54) is 23.1 Å². The van der Waals surface area contributed by atoms with Crippen LogP contribution in [0, 0.1) is 11.8 Å². The summed E-state index contributed by atoms with van der Waals surface area (Å²) in [6, 6.07) is 11.9. The smallest absolute Gasteiger partial charge is 0.371 e. The first-order valence-corrected chi connectivity index (χ1v) is 15.0. The van der Waals surface area contributed by atoms with Crippen molar-refractivity contribution < 1.29 is 32.3 Å². The molecule has 2 aromatic carbocycles. The number of amides is 2. The Balaban J connectivity index is 1.11. The van der Waals surface area contributed by atoms with E-state index in [-0.39, 0.29) is 25.5 Å². The van der Waals surface area contributed by atoms with Gasteiger partial charge in [0, 0.05) is 44.0 Å². The predicted molar refractivity (Wildman–Crippen MR) is 152 cm³/mol. The first-order chi connectivity index (χ1) is 20.0. The number of hydrogen-bond acceptors (Lipinski definition) is 4. The average molecular weight is 610 g/mol. The molecule has 3 fully saturated rings. The van der Waals surface area contributed by atoms with Gasteiger partial charge in [-0.1, -0.05) is 41.9 Å². The number of halogens is 5. The maximum atomic E-state index is 14.0. The molecule has 2 aromatic rings. The van der Waals surface area contributed by atoms with Crippen LogP contribution in [0.5, 0.6) is 0 Å². The van der Waals surface area contributed by atoms with Crippen molar-refractivity contribution in [3.05, 3.63) is 64.7 Å². The Kier molecular flexibility index (Phi) is 9.04. The molecule has 11 heteroatoms. The summed E-state index contributed by atoms with van der Waals surface area (Å²) >= 11 is 6.46. The van der Waals surface area contributed by atoms with Gasteiger partial charge in [-0.05, 0) is 68.6 Å². The second-order valence-electron chi connectivity index (χ2n) is 11.8. The summed E-state index contributed by atoms with van der Waals surface area (Å²) < 4.78 is 55.4. The summed E-state index contributed by atoms with van der Waals surface area (Å²) in [6.45, 7) is 2.49. The van der Waals surface area contributed by atoms with E-state index in [0.29, 0.717) is 48.2 Å². The van der Waals surface area contributed by atoms with Gasteiger partial charge in [-0.25, -0.2) is 4.39 Å². The van der Waals surface area contributed by atoms with E-state index in [4.69, 9.17) is 11.6 Å². The SMILES string of the molecule is O=C(c1ccc(N2CCC(CC3CCN(C(=O)C(O)(c4ccccc4)C(F)(F)F)CC3)CC2)cc1Cl)N1CC[C@H](F)C1. The van der Waals surface area contributed by atoms with Crippen molar-refractivity contribution in [1.82, 2.24) is 9.80 Å². The molecule has 0 aliphatic carbocycles. The molecule has 6 nitrogen and oxygen atoms in total. The van der Waals surface area contributed by atoms with E-state index in [0.717, 1.165) is 55.1 Å². The van der Waals surface area contributed by atoms with E-state index in [1.807, 2.05) is 6.07 Å². The van der Waals surface area contributed by atoms with Crippen molar-refractivity contribution in [1.29, 1.82) is 0 Å². The molecule has 3 heterocycles. The van der Waals surface area contributed by atoms with Crippen LogP contribution in [0.4, 0.5) is 23.2 Å². The van der Waals surface area contributed by atoms with E-state index in [2.05, 4.69) is 4.90 Å². The van der Waals surface area contributed by atoms with Crippen LogP contribution < -0.4 is 4.90 Å². The molecule has 1 unspecified atom stereocenters. The Morgan fingerprint density at radius 3 is 2.00 bits per heavy atom. The van der Waals surface area contributed by atoms with Crippen LogP contribution in [0.2, 0.25) is 5.02 Å². The van der Waals surface area contributed by atoms with Crippen LogP contribution in [0.3, 0.4) is 0 Å². The summed E-state index contributed by atoms with van der Waals surface area (Å²) in [7, 11) is 0. The number of nitrogens with zero attached hydrogens (tertiary/aromatic N) is 3. The molecule has 0 radical (unpaired) electrons. The van der Waals surface area contributed by atoms with Gasteiger partial charge in [0.05, 0.1) is 17.1 Å². The standard InChI is InChI=1S/C31H36ClF4N3O3/c32-27-19-25(6-7-26(27)28(40)39-17-12-24(33)20-39)37-13-8-21(9-14-37)18-22-10-15-38(16-11-22)29(41)30(42,31(34,35)36)23-4-2-1-3-5-23/h1-7,19,21-22,24,42H,8-18,20H2/t24-,30?/m0/s1. The van der Waals surface area contributed by atoms with Crippen LogP contribution in [-0.2, 0) is 10.4 Å². The fourth-order valence-electron chi connectivity index (χ4n) is 6.53. The molecule has 42 heavy (non-hydrogen) atoms. The van der Waals surface area contributed by atoms with Crippen molar-refractivity contribution in [3.63, 3.8) is 0 Å². The van der Waals surface area contributed by atoms with E-state index < -0.39 is 29.4 Å². The third kappa shape index (κ3) is 6.25. The molecule has 0 spiro atoms. The van der Waals surface area contributed by atoms with Crippen molar-refractivity contribution in [2.45, 2.75) is 56.5 Å². The van der Waals surface area contributed by atoms with Gasteiger partial charge in [0.1, 0.15) is 6.17 Å². The van der Waals surface area contributed by atoms with Crippen LogP contribution in [0.25, 0.3) is 0 Å². The zero-order valence-corrected chi connectivity index (χ0v) is 24.1. The fourth-order valence-corrected chi connectivity index (χ4v) is 6.79. The van der Waals surface area contributed by atoms with Crippen LogP contribution in [0.1, 0.15) is 54.4 Å². The molecule has 3 aliphatic rings. The highest BCUT2D eigenvalue weighted by Gasteiger charge is 2.62. The third-order valence-electron chi connectivity index (χ3n) is 9.06. The second kappa shape index (κ2) is 12.4. The quantitative estimate of drug-likeness (QED) is 0.420. The van der Waals surface area contributed by atoms with Gasteiger partial charge < -0.3 is 19.8 Å². The topological polar surface area (TPSA) is 64.1 Å². The number of rotatable bonds is 6. The Morgan fingerprint density at radius 1 is 0.857 bits per heavy atom. The van der Waals surface area contributed by atoms with E-state index in [9.17, 15) is 32.3 Å². The fraction of sp³-hybridized carbons (Fsp3) is 0.548. The number of carbonyl (C=O) groups excluding carboxylic acids is 2. The number of alkyl halides is 4. The lowest BCUT2D eigenvalue weighted by molar-refractivity contribution is -0.262. The zero-order chi connectivity index (χ0) is 30.1. The van der Waals surface area contributed by atoms with Gasteiger partial charge in [0.2, 0.25) is 0 Å². The average Bonchev–Trinajstić information content (AvgIpc) is 3.43. The van der Waals surface area contributed by atoms with Gasteiger partial charge in [-0.3, -0.25) is 9.59 Å². The van der Waals surface area contributed by atoms with E-state index >= 15 is 0 Å². The molecule has 2 atom stereocenters. The maximum absolute atomic E-state index is 14.0. The lowest BCUT2D eigenvalue weighted by Gasteiger charge is -2.40. The second-order valence-corrected chi connectivity index (χ2v) is 12.2. The number of benzene rings is 2. The molecule has 228 valence electrons. The summed E-state index contributed by atoms with van der Waals surface area (Å²) in [5.74, 6) is -0.798. The largest absolute Gasteiger partial charge is 0.430 e. The summed E-state index contributed by atoms with van der Waals surface area (Å²) in [6.07, 6.45) is -1.74. The predicted octanol–water partition coefficient (Wildman–Crippen LogP) is 5.82. The monoisotopic (exact) mass is 609 g/mol. The molecule has 0 bridgehead atoms. The highest BCUT2D eigenvalue weighted by atomic mass is 35.5. The summed E-state index contributed by atoms with van der Waals surface area (Å²) in [5, 5.41) is 11.0. The minimum Gasteiger partial charge on any atom is -0.371 e. The minimum atomic E-state index is -5.14. The Bertz CT molecular complexity index is 1260. The number of piperidine rings is 2. The highest BCUT2D eigenvalue weighted by molar-refractivity contribution is 6.34. The highest BCUT2D eigenvalue weighted by Crippen LogP contribution is 2.41. The molecule has 2 amide bonds. The summed E-state index contributed by atoms with van der Waals surface area (Å²) in [5.41, 5.74) is -2.72. The molecule has 5 rings (SSSR count). The zero-order valence-electron chi connectivity index (χ0n) is 23.3. The van der Waals surface area contributed by atoms with Gasteiger partial charge in [-0.2, -0.15) is 13.2 Å². The van der Waals surface area contributed by atoms with E-state index in [1.54, 1.807) is 12.1 Å². The van der Waals surface area contributed by atoms with Crippen molar-refractivity contribution >= 4 is 29.1 Å². The minimum absolute atomic E-state index is 0.100. The summed E-state index contributed by atoms with van der Waals surface area (Å²) in [4.78, 5) is 30.6. The molecular formula is C31H36ClF4N3O3. The Hall–Kier alpha value is -2.85. The number of anilines is 1.